The molecule has 0 radical (unpaired) electrons. The Hall–Kier alpha value is -1.53. The Morgan fingerprint density at radius 1 is 1.33 bits per heavy atom. The Morgan fingerprint density at radius 3 is 2.72 bits per heavy atom. The van der Waals surface area contributed by atoms with Gasteiger partial charge < -0.3 is 10.5 Å². The third kappa shape index (κ3) is 3.24. The van der Waals surface area contributed by atoms with Crippen LogP contribution in [0.4, 0.5) is 5.69 Å². The molecule has 6 heteroatoms. The minimum Gasteiger partial charge on any atom is -0.488 e. The van der Waals surface area contributed by atoms with E-state index in [-0.39, 0.29) is 4.90 Å². The second kappa shape index (κ2) is 4.99. The SMILES string of the molecule is CS(=O)(=O)c1cc(N)cc(OCc2cccs2)c1. The average molecular weight is 283 g/mol. The lowest BCUT2D eigenvalue weighted by atomic mass is 10.3. The van der Waals surface area contributed by atoms with Crippen molar-refractivity contribution in [3.8, 4) is 5.75 Å². The van der Waals surface area contributed by atoms with E-state index in [0.29, 0.717) is 18.0 Å². The van der Waals surface area contributed by atoms with Gasteiger partial charge in [-0.15, -0.1) is 11.3 Å². The van der Waals surface area contributed by atoms with Gasteiger partial charge in [-0.2, -0.15) is 0 Å². The van der Waals surface area contributed by atoms with Crippen LogP contribution < -0.4 is 10.5 Å². The molecule has 0 unspecified atom stereocenters. The van der Waals surface area contributed by atoms with Gasteiger partial charge in [0.1, 0.15) is 12.4 Å². The quantitative estimate of drug-likeness (QED) is 0.874. The van der Waals surface area contributed by atoms with E-state index >= 15 is 0 Å². The predicted octanol–water partition coefficient (Wildman–Crippen LogP) is 2.31. The van der Waals surface area contributed by atoms with Crippen LogP contribution in [0.2, 0.25) is 0 Å². The van der Waals surface area contributed by atoms with Gasteiger partial charge in [-0.25, -0.2) is 8.42 Å². The molecule has 18 heavy (non-hydrogen) atoms. The number of anilines is 1. The van der Waals surface area contributed by atoms with Crippen molar-refractivity contribution in [1.29, 1.82) is 0 Å². The molecule has 1 heterocycles. The summed E-state index contributed by atoms with van der Waals surface area (Å²) in [6, 6.07) is 8.41. The van der Waals surface area contributed by atoms with Gasteiger partial charge in [0.2, 0.25) is 0 Å². The Kier molecular flexibility index (Phi) is 3.58. The lowest BCUT2D eigenvalue weighted by Crippen LogP contribution is -2.01. The van der Waals surface area contributed by atoms with Gasteiger partial charge >= 0.3 is 0 Å². The van der Waals surface area contributed by atoms with Crippen LogP contribution in [0.25, 0.3) is 0 Å². The Balaban J connectivity index is 2.21. The number of benzene rings is 1. The lowest BCUT2D eigenvalue weighted by Gasteiger charge is -2.08. The Bertz CT molecular complexity index is 633. The van der Waals surface area contributed by atoms with E-state index in [4.69, 9.17) is 10.5 Å². The smallest absolute Gasteiger partial charge is 0.175 e. The highest BCUT2D eigenvalue weighted by Crippen LogP contribution is 2.23. The van der Waals surface area contributed by atoms with Crippen LogP contribution in [-0.4, -0.2) is 14.7 Å². The molecule has 0 amide bonds. The number of rotatable bonds is 4. The fraction of sp³-hybridized carbons (Fsp3) is 0.167. The average Bonchev–Trinajstić information content (AvgIpc) is 2.77. The molecule has 0 atom stereocenters. The third-order valence-corrected chi connectivity index (χ3v) is 4.23. The normalized spacial score (nSPS) is 11.4. The number of hydrogen-bond donors (Lipinski definition) is 1. The van der Waals surface area contributed by atoms with Crippen molar-refractivity contribution in [2.75, 3.05) is 12.0 Å². The van der Waals surface area contributed by atoms with Gasteiger partial charge in [0, 0.05) is 22.9 Å². The first-order valence-corrected chi connectivity index (χ1v) is 7.98. The monoisotopic (exact) mass is 283 g/mol. The highest BCUT2D eigenvalue weighted by atomic mass is 32.2. The molecular weight excluding hydrogens is 270 g/mol. The predicted molar refractivity (Wildman–Crippen MR) is 72.6 cm³/mol. The summed E-state index contributed by atoms with van der Waals surface area (Å²) in [4.78, 5) is 1.24. The van der Waals surface area contributed by atoms with Crippen LogP contribution in [0.5, 0.6) is 5.75 Å². The summed E-state index contributed by atoms with van der Waals surface area (Å²) >= 11 is 1.58. The van der Waals surface area contributed by atoms with Gasteiger partial charge in [-0.05, 0) is 23.6 Å². The molecule has 0 bridgehead atoms. The highest BCUT2D eigenvalue weighted by Gasteiger charge is 2.10. The van der Waals surface area contributed by atoms with Gasteiger partial charge in [0.25, 0.3) is 0 Å². The molecule has 0 aliphatic carbocycles. The van der Waals surface area contributed by atoms with Crippen LogP contribution in [0, 0.1) is 0 Å². The van der Waals surface area contributed by atoms with E-state index in [2.05, 4.69) is 0 Å². The molecule has 0 saturated carbocycles. The van der Waals surface area contributed by atoms with E-state index in [1.165, 1.54) is 12.1 Å². The fourth-order valence-corrected chi connectivity index (χ4v) is 2.74. The number of hydrogen-bond acceptors (Lipinski definition) is 5. The standard InChI is InChI=1S/C12H13NO3S2/c1-18(14,15)12-6-9(13)5-10(7-12)16-8-11-3-2-4-17-11/h2-7H,8,13H2,1H3. The third-order valence-electron chi connectivity index (χ3n) is 2.29. The van der Waals surface area contributed by atoms with Gasteiger partial charge in [-0.3, -0.25) is 0 Å². The number of thiophene rings is 1. The number of ether oxygens (including phenoxy) is 1. The lowest BCUT2D eigenvalue weighted by molar-refractivity contribution is 0.309. The van der Waals surface area contributed by atoms with Gasteiger partial charge in [0.15, 0.2) is 9.84 Å². The van der Waals surface area contributed by atoms with E-state index in [1.807, 2.05) is 17.5 Å². The molecule has 2 N–H and O–H groups in total. The van der Waals surface area contributed by atoms with Crippen molar-refractivity contribution in [1.82, 2.24) is 0 Å². The molecule has 0 fully saturated rings. The van der Waals surface area contributed by atoms with Crippen LogP contribution in [0.15, 0.2) is 40.6 Å². The molecule has 0 aliphatic rings. The second-order valence-corrected chi connectivity index (χ2v) is 6.93. The summed E-state index contributed by atoms with van der Waals surface area (Å²) in [5, 5.41) is 1.96. The first kappa shape index (κ1) is 12.9. The van der Waals surface area contributed by atoms with Crippen molar-refractivity contribution in [3.05, 3.63) is 40.6 Å². The summed E-state index contributed by atoms with van der Waals surface area (Å²) in [5.74, 6) is 0.462. The second-order valence-electron chi connectivity index (χ2n) is 3.88. The maximum Gasteiger partial charge on any atom is 0.175 e. The molecule has 1 aromatic carbocycles. The van der Waals surface area contributed by atoms with E-state index in [9.17, 15) is 8.42 Å². The summed E-state index contributed by atoms with van der Waals surface area (Å²) in [6.45, 7) is 0.407. The first-order valence-electron chi connectivity index (χ1n) is 5.21. The highest BCUT2D eigenvalue weighted by molar-refractivity contribution is 7.90. The Labute approximate surface area is 110 Å². The minimum atomic E-state index is -3.28. The summed E-state index contributed by atoms with van der Waals surface area (Å²) in [6.07, 6.45) is 1.14. The van der Waals surface area contributed by atoms with Crippen LogP contribution >= 0.6 is 11.3 Å². The number of nitrogen functional groups attached to an aromatic ring is 1. The minimum absolute atomic E-state index is 0.170. The van der Waals surface area contributed by atoms with Crippen molar-refractivity contribution < 1.29 is 13.2 Å². The molecule has 4 nitrogen and oxygen atoms in total. The fourth-order valence-electron chi connectivity index (χ4n) is 1.44. The van der Waals surface area contributed by atoms with Gasteiger partial charge in [-0.1, -0.05) is 6.07 Å². The van der Waals surface area contributed by atoms with Crippen LogP contribution in [0.3, 0.4) is 0 Å². The van der Waals surface area contributed by atoms with E-state index in [0.717, 1.165) is 11.1 Å². The van der Waals surface area contributed by atoms with Crippen LogP contribution in [-0.2, 0) is 16.4 Å². The molecule has 0 saturated heterocycles. The topological polar surface area (TPSA) is 69.4 Å². The van der Waals surface area contributed by atoms with Crippen molar-refractivity contribution in [2.45, 2.75) is 11.5 Å². The van der Waals surface area contributed by atoms with Gasteiger partial charge in [0.05, 0.1) is 4.90 Å². The zero-order valence-corrected chi connectivity index (χ0v) is 11.4. The summed E-state index contributed by atoms with van der Waals surface area (Å²) in [7, 11) is -3.28. The number of nitrogens with two attached hydrogens (primary N) is 1. The summed E-state index contributed by atoms with van der Waals surface area (Å²) in [5.41, 5.74) is 6.04. The largest absolute Gasteiger partial charge is 0.488 e. The molecule has 2 aromatic rings. The maximum atomic E-state index is 11.5. The molecule has 0 spiro atoms. The molecular formula is C12H13NO3S2. The molecule has 1 aromatic heterocycles. The van der Waals surface area contributed by atoms with E-state index in [1.54, 1.807) is 17.4 Å². The van der Waals surface area contributed by atoms with Crippen molar-refractivity contribution in [2.24, 2.45) is 0 Å². The van der Waals surface area contributed by atoms with E-state index < -0.39 is 9.84 Å². The zero-order valence-electron chi connectivity index (χ0n) is 9.79. The number of sulfone groups is 1. The summed E-state index contributed by atoms with van der Waals surface area (Å²) < 4.78 is 28.5. The molecule has 2 rings (SSSR count). The maximum absolute atomic E-state index is 11.5. The van der Waals surface area contributed by atoms with Crippen molar-refractivity contribution in [3.63, 3.8) is 0 Å². The molecule has 96 valence electrons. The first-order chi connectivity index (χ1) is 8.45. The van der Waals surface area contributed by atoms with Crippen LogP contribution in [0.1, 0.15) is 4.88 Å². The zero-order chi connectivity index (χ0) is 13.2. The molecule has 0 aliphatic heterocycles. The van der Waals surface area contributed by atoms with Crippen molar-refractivity contribution >= 4 is 26.9 Å². The Morgan fingerprint density at radius 2 is 2.11 bits per heavy atom.